The summed E-state index contributed by atoms with van der Waals surface area (Å²) in [5.74, 6) is -2.71. The Bertz CT molecular complexity index is 310. The molecular formula is C5H10N2O6S. The number of hydrogen-bond acceptors (Lipinski definition) is 5. The van der Waals surface area contributed by atoms with Crippen LogP contribution in [0.3, 0.4) is 0 Å². The fourth-order valence-electron chi connectivity index (χ4n) is 0.454. The molecule has 14 heavy (non-hydrogen) atoms. The molecule has 1 amide bonds. The molecule has 9 heteroatoms. The van der Waals surface area contributed by atoms with Gasteiger partial charge in [-0.15, -0.1) is 0 Å². The summed E-state index contributed by atoms with van der Waals surface area (Å²) < 4.78 is 21.7. The van der Waals surface area contributed by atoms with Gasteiger partial charge >= 0.3 is 5.97 Å². The molecular weight excluding hydrogens is 216 g/mol. The van der Waals surface area contributed by atoms with E-state index in [1.165, 1.54) is 0 Å². The summed E-state index contributed by atoms with van der Waals surface area (Å²) in [7, 11) is -3.83. The van der Waals surface area contributed by atoms with Gasteiger partial charge in [0.25, 0.3) is 0 Å². The van der Waals surface area contributed by atoms with Crippen LogP contribution in [0.15, 0.2) is 0 Å². The number of carboxylic acids is 1. The highest BCUT2D eigenvalue weighted by Crippen LogP contribution is 1.89. The van der Waals surface area contributed by atoms with Crippen LogP contribution in [0.1, 0.15) is 6.42 Å². The Morgan fingerprint density at radius 2 is 2.00 bits per heavy atom. The molecule has 0 unspecified atom stereocenters. The molecule has 0 aromatic carbocycles. The van der Waals surface area contributed by atoms with E-state index < -0.39 is 40.7 Å². The van der Waals surface area contributed by atoms with Crippen molar-refractivity contribution in [3.8, 4) is 0 Å². The van der Waals surface area contributed by atoms with Gasteiger partial charge in [-0.1, -0.05) is 4.89 Å². The zero-order valence-electron chi connectivity index (χ0n) is 7.10. The number of hydrogen-bond donors (Lipinski definition) is 3. The minimum atomic E-state index is -3.83. The van der Waals surface area contributed by atoms with Crippen molar-refractivity contribution in [2.75, 3.05) is 12.4 Å². The first-order valence-electron chi connectivity index (χ1n) is 3.45. The molecule has 0 aliphatic heterocycles. The van der Waals surface area contributed by atoms with E-state index in [1.807, 2.05) is 0 Å². The quantitative estimate of drug-likeness (QED) is 0.421. The van der Waals surface area contributed by atoms with E-state index in [-0.39, 0.29) is 0 Å². The number of nitrogens with one attached hydrogen (secondary N) is 1. The van der Waals surface area contributed by atoms with Crippen molar-refractivity contribution in [3.63, 3.8) is 0 Å². The van der Waals surface area contributed by atoms with Crippen LogP contribution >= 0.6 is 0 Å². The number of amides is 1. The molecule has 0 heterocycles. The predicted octanol–water partition coefficient (Wildman–Crippen LogP) is -2.20. The zero-order valence-corrected chi connectivity index (χ0v) is 7.91. The van der Waals surface area contributed by atoms with E-state index in [2.05, 4.69) is 10.6 Å². The van der Waals surface area contributed by atoms with Gasteiger partial charge < -0.3 is 10.8 Å². The number of nitrogens with two attached hydrogens (primary N) is 1. The standard InChI is InChI=1S/C5H10N2O6S/c6-4(8)3-13-7-14(11,12)2-1-5(9)10/h7H,1-3H2,(H2,6,8)(H,9,10). The number of primary amides is 1. The highest BCUT2D eigenvalue weighted by atomic mass is 32.2. The fraction of sp³-hybridized carbons (Fsp3) is 0.600. The van der Waals surface area contributed by atoms with E-state index >= 15 is 0 Å². The van der Waals surface area contributed by atoms with Crippen molar-refractivity contribution in [1.29, 1.82) is 0 Å². The first-order valence-corrected chi connectivity index (χ1v) is 5.10. The van der Waals surface area contributed by atoms with Crippen molar-refractivity contribution in [2.45, 2.75) is 6.42 Å². The van der Waals surface area contributed by atoms with Crippen molar-refractivity contribution in [1.82, 2.24) is 4.89 Å². The molecule has 0 aromatic heterocycles. The lowest BCUT2D eigenvalue weighted by Gasteiger charge is -2.03. The Morgan fingerprint density at radius 1 is 1.43 bits per heavy atom. The van der Waals surface area contributed by atoms with Gasteiger partial charge in [0, 0.05) is 0 Å². The minimum absolute atomic E-state index is 0.546. The van der Waals surface area contributed by atoms with E-state index in [4.69, 9.17) is 5.11 Å². The van der Waals surface area contributed by atoms with Crippen LogP contribution in [0, 0.1) is 0 Å². The number of aliphatic carboxylic acids is 1. The first kappa shape index (κ1) is 12.8. The molecule has 0 saturated carbocycles. The first-order chi connectivity index (χ1) is 6.33. The summed E-state index contributed by atoms with van der Waals surface area (Å²) in [6, 6.07) is 0. The van der Waals surface area contributed by atoms with E-state index in [0.717, 1.165) is 0 Å². The Balaban J connectivity index is 3.84. The van der Waals surface area contributed by atoms with Crippen molar-refractivity contribution in [2.24, 2.45) is 5.73 Å². The summed E-state index contributed by atoms with van der Waals surface area (Å²) in [5.41, 5.74) is 4.65. The lowest BCUT2D eigenvalue weighted by Crippen LogP contribution is -2.31. The van der Waals surface area contributed by atoms with Crippen LogP contribution in [-0.2, 0) is 24.4 Å². The van der Waals surface area contributed by atoms with Crippen molar-refractivity contribution in [3.05, 3.63) is 0 Å². The highest BCUT2D eigenvalue weighted by molar-refractivity contribution is 7.89. The number of carbonyl (C=O) groups is 2. The fourth-order valence-corrected chi connectivity index (χ4v) is 1.22. The molecule has 0 aliphatic rings. The second kappa shape index (κ2) is 5.52. The summed E-state index contributed by atoms with van der Waals surface area (Å²) in [5, 5.41) is 8.18. The number of rotatable bonds is 7. The van der Waals surface area contributed by atoms with Gasteiger partial charge in [0.2, 0.25) is 15.9 Å². The van der Waals surface area contributed by atoms with Crippen LogP contribution in [-0.4, -0.2) is 37.8 Å². The van der Waals surface area contributed by atoms with Gasteiger partial charge in [0.1, 0.15) is 6.61 Å². The maximum absolute atomic E-state index is 10.9. The largest absolute Gasteiger partial charge is 0.481 e. The van der Waals surface area contributed by atoms with E-state index in [9.17, 15) is 18.0 Å². The molecule has 0 spiro atoms. The smallest absolute Gasteiger partial charge is 0.304 e. The van der Waals surface area contributed by atoms with E-state index in [0.29, 0.717) is 0 Å². The average molecular weight is 226 g/mol. The third-order valence-corrected chi connectivity index (χ3v) is 2.10. The van der Waals surface area contributed by atoms with Gasteiger partial charge in [-0.25, -0.2) is 8.42 Å². The van der Waals surface area contributed by atoms with Crippen LogP contribution in [0.5, 0.6) is 0 Å². The summed E-state index contributed by atoms with van der Waals surface area (Å²) in [6.45, 7) is -0.605. The third kappa shape index (κ3) is 7.46. The number of sulfonamides is 1. The van der Waals surface area contributed by atoms with Gasteiger partial charge in [-0.3, -0.25) is 14.4 Å². The Hall–Kier alpha value is -1.19. The van der Waals surface area contributed by atoms with Gasteiger partial charge in [-0.2, -0.15) is 0 Å². The van der Waals surface area contributed by atoms with Crippen LogP contribution in [0.2, 0.25) is 0 Å². The topological polar surface area (TPSA) is 136 Å². The van der Waals surface area contributed by atoms with Gasteiger partial charge in [-0.05, 0) is 0 Å². The highest BCUT2D eigenvalue weighted by Gasteiger charge is 2.12. The van der Waals surface area contributed by atoms with E-state index in [1.54, 1.807) is 4.89 Å². The maximum Gasteiger partial charge on any atom is 0.304 e. The molecule has 0 aromatic rings. The molecule has 0 atom stereocenters. The molecule has 82 valence electrons. The molecule has 0 saturated heterocycles. The Kier molecular flexibility index (Phi) is 5.05. The summed E-state index contributed by atoms with van der Waals surface area (Å²) >= 11 is 0. The van der Waals surface area contributed by atoms with Gasteiger partial charge in [0.05, 0.1) is 12.2 Å². The molecule has 0 radical (unpaired) electrons. The molecule has 0 rings (SSSR count). The molecule has 0 fully saturated rings. The van der Waals surface area contributed by atoms with Gasteiger partial charge in [0.15, 0.2) is 0 Å². The molecule has 8 nitrogen and oxygen atoms in total. The lowest BCUT2D eigenvalue weighted by atomic mass is 10.5. The van der Waals surface area contributed by atoms with Crippen LogP contribution in [0.4, 0.5) is 0 Å². The number of carboxylic acid groups (broad SMARTS) is 1. The summed E-state index contributed by atoms with van der Waals surface area (Å²) in [6.07, 6.45) is -0.546. The minimum Gasteiger partial charge on any atom is -0.481 e. The Labute approximate surface area is 80.0 Å². The normalized spacial score (nSPS) is 11.1. The van der Waals surface area contributed by atoms with Crippen molar-refractivity contribution < 1.29 is 28.0 Å². The molecule has 0 aliphatic carbocycles. The Morgan fingerprint density at radius 3 is 2.43 bits per heavy atom. The van der Waals surface area contributed by atoms with Crippen LogP contribution in [0.25, 0.3) is 0 Å². The summed E-state index contributed by atoms with van der Waals surface area (Å²) in [4.78, 5) is 25.9. The lowest BCUT2D eigenvalue weighted by molar-refractivity contribution is -0.136. The monoisotopic (exact) mass is 226 g/mol. The predicted molar refractivity (Wildman–Crippen MR) is 44.3 cm³/mol. The zero-order chi connectivity index (χ0) is 11.2. The molecule has 4 N–H and O–H groups in total. The number of carbonyl (C=O) groups excluding carboxylic acids is 1. The van der Waals surface area contributed by atoms with Crippen LogP contribution < -0.4 is 10.6 Å². The third-order valence-electron chi connectivity index (χ3n) is 0.985. The van der Waals surface area contributed by atoms with Crippen molar-refractivity contribution >= 4 is 21.9 Å². The molecule has 0 bridgehead atoms. The average Bonchev–Trinajstić information content (AvgIpc) is 2.00. The SMILES string of the molecule is NC(=O)CONS(=O)(=O)CCC(=O)O. The second-order valence-electron chi connectivity index (χ2n) is 2.30. The second-order valence-corrected chi connectivity index (χ2v) is 4.11. The maximum atomic E-state index is 10.9.